The van der Waals surface area contributed by atoms with Crippen LogP contribution in [-0.4, -0.2) is 30.0 Å². The van der Waals surface area contributed by atoms with Gasteiger partial charge in [0.15, 0.2) is 0 Å². The molecule has 0 saturated heterocycles. The van der Waals surface area contributed by atoms with Crippen molar-refractivity contribution in [2.75, 3.05) is 7.11 Å². The Kier molecular flexibility index (Phi) is 4.51. The third kappa shape index (κ3) is 2.91. The van der Waals surface area contributed by atoms with Gasteiger partial charge in [0.25, 0.3) is 10.0 Å². The van der Waals surface area contributed by atoms with Gasteiger partial charge in [0, 0.05) is 35.9 Å². The lowest BCUT2D eigenvalue weighted by Crippen LogP contribution is -2.14. The number of benzene rings is 2. The first kappa shape index (κ1) is 19.6. The zero-order valence-electron chi connectivity index (χ0n) is 17.3. The van der Waals surface area contributed by atoms with E-state index in [2.05, 4.69) is 0 Å². The molecule has 0 unspecified atom stereocenters. The fourth-order valence-corrected chi connectivity index (χ4v) is 6.17. The van der Waals surface area contributed by atoms with Crippen LogP contribution >= 0.6 is 0 Å². The molecule has 0 saturated carbocycles. The number of aryl methyl sites for hydroxylation is 2. The molecule has 2 aromatic heterocycles. The first-order chi connectivity index (χ1) is 14.9. The summed E-state index contributed by atoms with van der Waals surface area (Å²) in [5.74, 6) is -0.525. The van der Waals surface area contributed by atoms with Gasteiger partial charge in [0.05, 0.1) is 23.3 Å². The second-order valence-corrected chi connectivity index (χ2v) is 9.57. The first-order valence-electron chi connectivity index (χ1n) is 10.1. The van der Waals surface area contributed by atoms with Crippen LogP contribution in [0.4, 0.5) is 0 Å². The molecular weight excluding hydrogens is 412 g/mol. The molecule has 0 N–H and O–H groups in total. The molecule has 2 heterocycles. The van der Waals surface area contributed by atoms with Gasteiger partial charge in [-0.3, -0.25) is 0 Å². The number of ether oxygens (including phenoxy) is 1. The summed E-state index contributed by atoms with van der Waals surface area (Å²) in [4.78, 5) is 12.8. The van der Waals surface area contributed by atoms with Gasteiger partial charge in [-0.15, -0.1) is 0 Å². The molecule has 0 spiro atoms. The van der Waals surface area contributed by atoms with E-state index in [1.54, 1.807) is 18.2 Å². The summed E-state index contributed by atoms with van der Waals surface area (Å²) in [7, 11) is -0.782. The van der Waals surface area contributed by atoms with Crippen LogP contribution in [0.25, 0.3) is 22.2 Å². The summed E-state index contributed by atoms with van der Waals surface area (Å²) in [5, 5.41) is 0.647. The lowest BCUT2D eigenvalue weighted by molar-refractivity contribution is 0.0599. The standard InChI is InChI=1S/C24H22N2O4S/c1-25-14-13-19-21(25)11-6-12-22(19)31(28,29)26-15-20(24(27)30-2)18-10-5-8-16-7-3-4-9-17(16)23(18)26/h3-4,6-7,9,11-15H,5,8,10H2,1-2H3. The second-order valence-electron chi connectivity index (χ2n) is 7.79. The number of esters is 1. The quantitative estimate of drug-likeness (QED) is 0.454. The van der Waals surface area contributed by atoms with Crippen molar-refractivity contribution in [3.05, 3.63) is 77.6 Å². The lowest BCUT2D eigenvalue weighted by Gasteiger charge is -2.14. The molecule has 0 bridgehead atoms. The molecule has 0 aliphatic heterocycles. The summed E-state index contributed by atoms with van der Waals surface area (Å²) < 4.78 is 36.1. The molecule has 4 aromatic rings. The van der Waals surface area contributed by atoms with Crippen LogP contribution in [0, 0.1) is 0 Å². The van der Waals surface area contributed by atoms with E-state index in [0.717, 1.165) is 35.0 Å². The predicted octanol–water partition coefficient (Wildman–Crippen LogP) is 4.16. The van der Waals surface area contributed by atoms with E-state index in [1.165, 1.54) is 17.3 Å². The van der Waals surface area contributed by atoms with Crippen LogP contribution in [0.15, 0.2) is 65.8 Å². The summed E-state index contributed by atoms with van der Waals surface area (Å²) >= 11 is 0. The monoisotopic (exact) mass is 434 g/mol. The van der Waals surface area contributed by atoms with Crippen molar-refractivity contribution in [3.63, 3.8) is 0 Å². The van der Waals surface area contributed by atoms with Crippen LogP contribution in [0.1, 0.15) is 27.9 Å². The Labute approximate surface area is 180 Å². The predicted molar refractivity (Wildman–Crippen MR) is 119 cm³/mol. The average Bonchev–Trinajstić information content (AvgIpc) is 3.29. The van der Waals surface area contributed by atoms with Gasteiger partial charge in [-0.25, -0.2) is 17.2 Å². The number of hydrogen-bond donors (Lipinski definition) is 0. The summed E-state index contributed by atoms with van der Waals surface area (Å²) in [5.41, 5.74) is 4.33. The number of carbonyl (C=O) groups is 1. The zero-order valence-corrected chi connectivity index (χ0v) is 18.1. The van der Waals surface area contributed by atoms with Crippen LogP contribution in [0.5, 0.6) is 0 Å². The highest BCUT2D eigenvalue weighted by Crippen LogP contribution is 2.38. The molecule has 0 fully saturated rings. The fraction of sp³-hybridized carbons (Fsp3) is 0.208. The van der Waals surface area contributed by atoms with Crippen LogP contribution in [0.2, 0.25) is 0 Å². The van der Waals surface area contributed by atoms with E-state index in [9.17, 15) is 13.2 Å². The van der Waals surface area contributed by atoms with E-state index in [0.29, 0.717) is 23.1 Å². The van der Waals surface area contributed by atoms with E-state index in [4.69, 9.17) is 4.74 Å². The Morgan fingerprint density at radius 1 is 1.03 bits per heavy atom. The van der Waals surface area contributed by atoms with E-state index in [1.807, 2.05) is 48.1 Å². The highest BCUT2D eigenvalue weighted by atomic mass is 32.2. The molecule has 31 heavy (non-hydrogen) atoms. The summed E-state index contributed by atoms with van der Waals surface area (Å²) in [6, 6.07) is 14.8. The Morgan fingerprint density at radius 2 is 1.84 bits per heavy atom. The highest BCUT2D eigenvalue weighted by Gasteiger charge is 2.32. The third-order valence-electron chi connectivity index (χ3n) is 6.05. The van der Waals surface area contributed by atoms with Crippen molar-refractivity contribution in [2.24, 2.45) is 7.05 Å². The minimum atomic E-state index is -3.98. The van der Waals surface area contributed by atoms with Crippen LogP contribution < -0.4 is 0 Å². The molecular formula is C24H22N2O4S. The van der Waals surface area contributed by atoms with E-state index >= 15 is 0 Å². The number of nitrogens with zero attached hydrogens (tertiary/aromatic N) is 2. The Hall–Kier alpha value is -3.32. The molecule has 7 heteroatoms. The Morgan fingerprint density at radius 3 is 2.65 bits per heavy atom. The smallest absolute Gasteiger partial charge is 0.339 e. The maximum atomic E-state index is 14.0. The van der Waals surface area contributed by atoms with Gasteiger partial charge < -0.3 is 9.30 Å². The fourth-order valence-electron chi connectivity index (χ4n) is 4.56. The molecule has 0 atom stereocenters. The van der Waals surface area contributed by atoms with Gasteiger partial charge in [0.1, 0.15) is 0 Å². The SMILES string of the molecule is COC(=O)c1cn(S(=O)(=O)c2cccc3c2ccn3C)c2c1CCCc1ccccc1-2. The minimum Gasteiger partial charge on any atom is -0.465 e. The summed E-state index contributed by atoms with van der Waals surface area (Å²) in [6.45, 7) is 0. The number of methoxy groups -OCH3 is 1. The van der Waals surface area contributed by atoms with Gasteiger partial charge >= 0.3 is 5.97 Å². The van der Waals surface area contributed by atoms with Crippen LogP contribution in [0.3, 0.4) is 0 Å². The van der Waals surface area contributed by atoms with Crippen molar-refractivity contribution < 1.29 is 17.9 Å². The number of aromatic nitrogens is 2. The molecule has 6 nitrogen and oxygen atoms in total. The average molecular weight is 435 g/mol. The maximum Gasteiger partial charge on any atom is 0.339 e. The third-order valence-corrected chi connectivity index (χ3v) is 7.77. The molecule has 2 aromatic carbocycles. The number of hydrogen-bond acceptors (Lipinski definition) is 4. The molecule has 5 rings (SSSR count). The van der Waals surface area contributed by atoms with Gasteiger partial charge in [-0.05, 0) is 48.6 Å². The molecule has 1 aliphatic carbocycles. The Balaban J connectivity index is 1.85. The number of carbonyl (C=O) groups excluding carboxylic acids is 1. The van der Waals surface area contributed by atoms with E-state index < -0.39 is 16.0 Å². The minimum absolute atomic E-state index is 0.210. The second kappa shape index (κ2) is 7.13. The largest absolute Gasteiger partial charge is 0.465 e. The molecule has 0 amide bonds. The van der Waals surface area contributed by atoms with Crippen molar-refractivity contribution in [1.29, 1.82) is 0 Å². The Bertz CT molecular complexity index is 1440. The maximum absolute atomic E-state index is 14.0. The van der Waals surface area contributed by atoms with E-state index in [-0.39, 0.29) is 4.90 Å². The van der Waals surface area contributed by atoms with Crippen molar-refractivity contribution in [1.82, 2.24) is 8.54 Å². The van der Waals surface area contributed by atoms with Crippen molar-refractivity contribution in [2.45, 2.75) is 24.2 Å². The number of rotatable bonds is 3. The topological polar surface area (TPSA) is 70.3 Å². The number of fused-ring (bicyclic) bond motifs is 4. The molecule has 1 aliphatic rings. The van der Waals surface area contributed by atoms with Crippen molar-refractivity contribution in [3.8, 4) is 11.3 Å². The van der Waals surface area contributed by atoms with Gasteiger partial charge in [0.2, 0.25) is 0 Å². The van der Waals surface area contributed by atoms with Gasteiger partial charge in [-0.2, -0.15) is 0 Å². The molecule has 0 radical (unpaired) electrons. The first-order valence-corrected chi connectivity index (χ1v) is 11.6. The highest BCUT2D eigenvalue weighted by molar-refractivity contribution is 7.90. The van der Waals surface area contributed by atoms with Crippen LogP contribution in [-0.2, 0) is 34.6 Å². The lowest BCUT2D eigenvalue weighted by atomic mass is 10.0. The normalized spacial score (nSPS) is 13.5. The summed E-state index contributed by atoms with van der Waals surface area (Å²) in [6.07, 6.45) is 5.52. The van der Waals surface area contributed by atoms with Gasteiger partial charge in [-0.1, -0.05) is 30.3 Å². The zero-order chi connectivity index (χ0) is 21.8. The molecule has 158 valence electrons. The van der Waals surface area contributed by atoms with Crippen molar-refractivity contribution >= 4 is 26.9 Å².